The van der Waals surface area contributed by atoms with Crippen molar-refractivity contribution in [2.24, 2.45) is 5.41 Å². The molecule has 18 heavy (non-hydrogen) atoms. The molecule has 0 amide bonds. The highest BCUT2D eigenvalue weighted by Crippen LogP contribution is 2.33. The van der Waals surface area contributed by atoms with Crippen molar-refractivity contribution in [3.63, 3.8) is 0 Å². The van der Waals surface area contributed by atoms with Crippen molar-refractivity contribution in [1.29, 1.82) is 0 Å². The molecule has 0 saturated heterocycles. The van der Waals surface area contributed by atoms with Crippen LogP contribution in [0.4, 0.5) is 0 Å². The Morgan fingerprint density at radius 2 is 2.00 bits per heavy atom. The van der Waals surface area contributed by atoms with E-state index in [2.05, 4.69) is 32.2 Å². The van der Waals surface area contributed by atoms with Crippen molar-refractivity contribution < 1.29 is 9.47 Å². The van der Waals surface area contributed by atoms with Crippen LogP contribution in [0.25, 0.3) is 0 Å². The lowest BCUT2D eigenvalue weighted by Crippen LogP contribution is -2.28. The van der Waals surface area contributed by atoms with E-state index in [1.54, 1.807) is 0 Å². The van der Waals surface area contributed by atoms with Crippen LogP contribution >= 0.6 is 0 Å². The first-order valence-electron chi connectivity index (χ1n) is 6.70. The van der Waals surface area contributed by atoms with Crippen LogP contribution in [0.3, 0.4) is 0 Å². The summed E-state index contributed by atoms with van der Waals surface area (Å²) in [4.78, 5) is 0. The van der Waals surface area contributed by atoms with Crippen LogP contribution in [-0.4, -0.2) is 19.8 Å². The Balaban J connectivity index is 1.97. The lowest BCUT2D eigenvalue weighted by atomic mass is 9.90. The number of hydrogen-bond acceptors (Lipinski definition) is 3. The standard InChI is InChI=1S/C15H23NO2/c1-4-15(2,3)11-16-10-12-6-5-7-13-14(12)18-9-8-17-13/h5-7,16H,4,8-11H2,1-3H3. The van der Waals surface area contributed by atoms with Gasteiger partial charge in [-0.1, -0.05) is 32.9 Å². The minimum Gasteiger partial charge on any atom is -0.486 e. The number of nitrogens with one attached hydrogen (secondary N) is 1. The van der Waals surface area contributed by atoms with Gasteiger partial charge in [-0.15, -0.1) is 0 Å². The number of hydrogen-bond donors (Lipinski definition) is 1. The maximum atomic E-state index is 5.70. The van der Waals surface area contributed by atoms with Gasteiger partial charge in [0.15, 0.2) is 11.5 Å². The Hall–Kier alpha value is -1.22. The third-order valence-corrected chi connectivity index (χ3v) is 3.52. The molecule has 1 aromatic rings. The quantitative estimate of drug-likeness (QED) is 0.870. The molecule has 1 aliphatic heterocycles. The van der Waals surface area contributed by atoms with Crippen LogP contribution in [0.1, 0.15) is 32.8 Å². The summed E-state index contributed by atoms with van der Waals surface area (Å²) in [6.45, 7) is 9.91. The van der Waals surface area contributed by atoms with Crippen molar-refractivity contribution in [3.8, 4) is 11.5 Å². The lowest BCUT2D eigenvalue weighted by Gasteiger charge is -2.24. The third kappa shape index (κ3) is 3.16. The second kappa shape index (κ2) is 5.61. The van der Waals surface area contributed by atoms with Crippen molar-refractivity contribution in [2.75, 3.05) is 19.8 Å². The predicted octanol–water partition coefficient (Wildman–Crippen LogP) is 2.98. The Labute approximate surface area is 109 Å². The van der Waals surface area contributed by atoms with E-state index in [4.69, 9.17) is 9.47 Å². The van der Waals surface area contributed by atoms with Gasteiger partial charge in [0.2, 0.25) is 0 Å². The summed E-state index contributed by atoms with van der Waals surface area (Å²) < 4.78 is 11.3. The summed E-state index contributed by atoms with van der Waals surface area (Å²) in [5.74, 6) is 1.78. The summed E-state index contributed by atoms with van der Waals surface area (Å²) >= 11 is 0. The van der Waals surface area contributed by atoms with E-state index in [1.165, 1.54) is 12.0 Å². The molecule has 0 spiro atoms. The zero-order valence-electron chi connectivity index (χ0n) is 11.6. The van der Waals surface area contributed by atoms with E-state index in [0.717, 1.165) is 24.6 Å². The summed E-state index contributed by atoms with van der Waals surface area (Å²) in [6.07, 6.45) is 1.17. The van der Waals surface area contributed by atoms with E-state index in [0.29, 0.717) is 18.6 Å². The zero-order valence-corrected chi connectivity index (χ0v) is 11.6. The first-order chi connectivity index (χ1) is 8.62. The molecule has 0 atom stereocenters. The summed E-state index contributed by atoms with van der Waals surface area (Å²) in [5.41, 5.74) is 1.52. The number of ether oxygens (including phenoxy) is 2. The van der Waals surface area contributed by atoms with Gasteiger partial charge in [-0.2, -0.15) is 0 Å². The number of para-hydroxylation sites is 1. The molecule has 0 bridgehead atoms. The normalized spacial score (nSPS) is 14.6. The molecule has 1 aliphatic rings. The van der Waals surface area contributed by atoms with Gasteiger partial charge in [-0.3, -0.25) is 0 Å². The van der Waals surface area contributed by atoms with E-state index < -0.39 is 0 Å². The Kier molecular flexibility index (Phi) is 4.12. The highest BCUT2D eigenvalue weighted by molar-refractivity contribution is 5.47. The Morgan fingerprint density at radius 3 is 2.78 bits per heavy atom. The summed E-state index contributed by atoms with van der Waals surface area (Å²) in [6, 6.07) is 6.09. The monoisotopic (exact) mass is 249 g/mol. The average Bonchev–Trinajstić information content (AvgIpc) is 2.39. The minimum atomic E-state index is 0.339. The first kappa shape index (κ1) is 13.2. The average molecular weight is 249 g/mol. The van der Waals surface area contributed by atoms with E-state index in [-0.39, 0.29) is 0 Å². The van der Waals surface area contributed by atoms with E-state index in [1.807, 2.05) is 12.1 Å². The molecular weight excluding hydrogens is 226 g/mol. The van der Waals surface area contributed by atoms with Crippen molar-refractivity contribution >= 4 is 0 Å². The molecule has 1 aromatic carbocycles. The Bertz CT molecular complexity index is 401. The predicted molar refractivity (Wildman–Crippen MR) is 73.2 cm³/mol. The van der Waals surface area contributed by atoms with Gasteiger partial charge >= 0.3 is 0 Å². The van der Waals surface area contributed by atoms with Gasteiger partial charge < -0.3 is 14.8 Å². The van der Waals surface area contributed by atoms with Crippen LogP contribution in [0, 0.1) is 5.41 Å². The summed E-state index contributed by atoms with van der Waals surface area (Å²) in [7, 11) is 0. The number of fused-ring (bicyclic) bond motifs is 1. The molecule has 0 aliphatic carbocycles. The highest BCUT2D eigenvalue weighted by Gasteiger charge is 2.17. The molecule has 0 radical (unpaired) electrons. The molecule has 0 aromatic heterocycles. The smallest absolute Gasteiger partial charge is 0.165 e. The minimum absolute atomic E-state index is 0.339. The van der Waals surface area contributed by atoms with Crippen LogP contribution in [0.5, 0.6) is 11.5 Å². The molecule has 0 fully saturated rings. The maximum Gasteiger partial charge on any atom is 0.165 e. The fraction of sp³-hybridized carbons (Fsp3) is 0.600. The molecule has 1 N–H and O–H groups in total. The molecule has 3 nitrogen and oxygen atoms in total. The van der Waals surface area contributed by atoms with Gasteiger partial charge in [0.1, 0.15) is 13.2 Å². The van der Waals surface area contributed by atoms with Crippen molar-refractivity contribution in [3.05, 3.63) is 23.8 Å². The largest absolute Gasteiger partial charge is 0.486 e. The van der Waals surface area contributed by atoms with Crippen molar-refractivity contribution in [2.45, 2.75) is 33.7 Å². The number of rotatable bonds is 5. The zero-order chi connectivity index (χ0) is 13.0. The SMILES string of the molecule is CCC(C)(C)CNCc1cccc2c1OCCO2. The third-order valence-electron chi connectivity index (χ3n) is 3.52. The van der Waals surface area contributed by atoms with E-state index in [9.17, 15) is 0 Å². The first-order valence-corrected chi connectivity index (χ1v) is 6.70. The number of benzene rings is 1. The van der Waals surface area contributed by atoms with Crippen molar-refractivity contribution in [1.82, 2.24) is 5.32 Å². The molecule has 1 heterocycles. The fourth-order valence-electron chi connectivity index (χ4n) is 1.93. The van der Waals surface area contributed by atoms with Gasteiger partial charge in [-0.25, -0.2) is 0 Å². The molecule has 3 heteroatoms. The van der Waals surface area contributed by atoms with E-state index >= 15 is 0 Å². The van der Waals surface area contributed by atoms with Gasteiger partial charge in [0.25, 0.3) is 0 Å². The highest BCUT2D eigenvalue weighted by atomic mass is 16.6. The Morgan fingerprint density at radius 1 is 1.22 bits per heavy atom. The topological polar surface area (TPSA) is 30.5 Å². The maximum absolute atomic E-state index is 5.70. The fourth-order valence-corrected chi connectivity index (χ4v) is 1.93. The van der Waals surface area contributed by atoms with Crippen LogP contribution in [0.15, 0.2) is 18.2 Å². The molecular formula is C15H23NO2. The second-order valence-electron chi connectivity index (χ2n) is 5.56. The van der Waals surface area contributed by atoms with Crippen LogP contribution in [0.2, 0.25) is 0 Å². The van der Waals surface area contributed by atoms with Gasteiger partial charge in [0.05, 0.1) is 0 Å². The van der Waals surface area contributed by atoms with Crippen LogP contribution < -0.4 is 14.8 Å². The lowest BCUT2D eigenvalue weighted by molar-refractivity contribution is 0.169. The molecule has 2 rings (SSSR count). The summed E-state index contributed by atoms with van der Waals surface area (Å²) in [5, 5.41) is 3.51. The van der Waals surface area contributed by atoms with Crippen LogP contribution in [-0.2, 0) is 6.54 Å². The molecule has 0 saturated carbocycles. The second-order valence-corrected chi connectivity index (χ2v) is 5.56. The molecule has 0 unspecified atom stereocenters. The van der Waals surface area contributed by atoms with Gasteiger partial charge in [0, 0.05) is 18.7 Å². The van der Waals surface area contributed by atoms with Gasteiger partial charge in [-0.05, 0) is 17.9 Å². The molecule has 100 valence electrons.